The third-order valence-corrected chi connectivity index (χ3v) is 4.57. The van der Waals surface area contributed by atoms with Crippen LogP contribution in [0.1, 0.15) is 0 Å². The fourth-order valence-electron chi connectivity index (χ4n) is 2.43. The molecule has 0 spiro atoms. The van der Waals surface area contributed by atoms with Gasteiger partial charge >= 0.3 is 12.1 Å². The van der Waals surface area contributed by atoms with E-state index in [2.05, 4.69) is 15.3 Å². The molecule has 0 saturated heterocycles. The molecule has 0 bridgehead atoms. The monoisotopic (exact) mass is 389 g/mol. The van der Waals surface area contributed by atoms with E-state index in [1.165, 1.54) is 23.5 Å². The Hall–Kier alpha value is -3.27. The molecule has 0 saturated carbocycles. The lowest BCUT2D eigenvalue weighted by Crippen LogP contribution is -2.29. The van der Waals surface area contributed by atoms with Crippen LogP contribution in [0.5, 0.6) is 0 Å². The lowest BCUT2D eigenvalue weighted by molar-refractivity contribution is -0.167. The second-order valence-corrected chi connectivity index (χ2v) is 6.47. The number of anilines is 1. The summed E-state index contributed by atoms with van der Waals surface area (Å²) in [5.74, 6) is -1.41. The van der Waals surface area contributed by atoms with Gasteiger partial charge in [0.1, 0.15) is 0 Å². The molecule has 1 aromatic carbocycles. The number of aromatic nitrogens is 4. The Labute approximate surface area is 154 Å². The smallest absolute Gasteiger partial charge is 0.318 e. The number of hydrogen-bond donors (Lipinski definition) is 1. The normalized spacial score (nSPS) is 11.7. The van der Waals surface area contributed by atoms with Gasteiger partial charge in [-0.15, -0.1) is 21.5 Å². The molecule has 3 heterocycles. The summed E-state index contributed by atoms with van der Waals surface area (Å²) in [5, 5.41) is 16.5. The number of benzene rings is 1. The number of fused-ring (bicyclic) bond motifs is 1. The minimum absolute atomic E-state index is 0.0470. The minimum atomic E-state index is -4.93. The first-order chi connectivity index (χ1) is 12.9. The van der Waals surface area contributed by atoms with E-state index in [0.717, 1.165) is 4.88 Å². The van der Waals surface area contributed by atoms with Gasteiger partial charge in [-0.25, -0.2) is 0 Å². The Morgan fingerprint density at radius 1 is 1.04 bits per heavy atom. The summed E-state index contributed by atoms with van der Waals surface area (Å²) in [6, 6.07) is 13.2. The van der Waals surface area contributed by atoms with E-state index in [9.17, 15) is 18.0 Å². The van der Waals surface area contributed by atoms with Gasteiger partial charge in [0, 0.05) is 11.3 Å². The van der Waals surface area contributed by atoms with Crippen LogP contribution in [-0.2, 0) is 4.79 Å². The largest absolute Gasteiger partial charge is 0.471 e. The van der Waals surface area contributed by atoms with Gasteiger partial charge in [-0.3, -0.25) is 4.79 Å². The SMILES string of the molecule is O=C(Nc1ccc(-c2ccc3nnc(-c4cccs4)n3n2)cc1)C(F)(F)F. The van der Waals surface area contributed by atoms with Crippen LogP contribution in [0.25, 0.3) is 27.6 Å². The van der Waals surface area contributed by atoms with Gasteiger partial charge in [0.15, 0.2) is 11.5 Å². The van der Waals surface area contributed by atoms with Gasteiger partial charge in [-0.1, -0.05) is 18.2 Å². The highest BCUT2D eigenvalue weighted by molar-refractivity contribution is 7.13. The van der Waals surface area contributed by atoms with E-state index in [1.54, 1.807) is 34.1 Å². The van der Waals surface area contributed by atoms with Crippen LogP contribution in [0, 0.1) is 0 Å². The molecule has 0 aliphatic carbocycles. The number of rotatable bonds is 3. The second-order valence-electron chi connectivity index (χ2n) is 5.52. The predicted molar refractivity (Wildman–Crippen MR) is 94.2 cm³/mol. The fourth-order valence-corrected chi connectivity index (χ4v) is 3.12. The number of hydrogen-bond acceptors (Lipinski definition) is 5. The molecule has 1 amide bonds. The first-order valence-electron chi connectivity index (χ1n) is 7.67. The molecule has 0 aliphatic heterocycles. The maximum absolute atomic E-state index is 12.3. The molecule has 6 nitrogen and oxygen atoms in total. The van der Waals surface area contributed by atoms with Crippen molar-refractivity contribution in [2.45, 2.75) is 6.18 Å². The molecule has 0 aliphatic rings. The molecule has 27 heavy (non-hydrogen) atoms. The highest BCUT2D eigenvalue weighted by Gasteiger charge is 2.38. The van der Waals surface area contributed by atoms with Crippen LogP contribution in [0.2, 0.25) is 0 Å². The summed E-state index contributed by atoms with van der Waals surface area (Å²) in [6.45, 7) is 0. The summed E-state index contributed by atoms with van der Waals surface area (Å²) >= 11 is 1.51. The number of halogens is 3. The van der Waals surface area contributed by atoms with E-state index in [1.807, 2.05) is 17.5 Å². The van der Waals surface area contributed by atoms with Gasteiger partial charge in [0.2, 0.25) is 0 Å². The van der Waals surface area contributed by atoms with Crippen molar-refractivity contribution in [2.24, 2.45) is 0 Å². The molecule has 1 N–H and O–H groups in total. The quantitative estimate of drug-likeness (QED) is 0.574. The van der Waals surface area contributed by atoms with Crippen molar-refractivity contribution in [2.75, 3.05) is 5.32 Å². The molecular formula is C17H10F3N5OS. The van der Waals surface area contributed by atoms with Crippen LogP contribution in [0.15, 0.2) is 53.9 Å². The lowest BCUT2D eigenvalue weighted by atomic mass is 10.1. The van der Waals surface area contributed by atoms with Crippen molar-refractivity contribution in [1.29, 1.82) is 0 Å². The highest BCUT2D eigenvalue weighted by Crippen LogP contribution is 2.25. The number of carbonyl (C=O) groups is 1. The number of carbonyl (C=O) groups excluding carboxylic acids is 1. The van der Waals surface area contributed by atoms with Crippen molar-refractivity contribution in [3.8, 4) is 22.0 Å². The molecule has 0 atom stereocenters. The van der Waals surface area contributed by atoms with Gasteiger partial charge in [-0.05, 0) is 35.7 Å². The average molecular weight is 389 g/mol. The Morgan fingerprint density at radius 3 is 2.48 bits per heavy atom. The maximum atomic E-state index is 12.3. The standard InChI is InChI=1S/C17H10F3N5OS/c18-17(19,20)16(26)21-11-5-3-10(4-6-11)12-7-8-14-22-23-15(25(14)24-12)13-2-1-9-27-13/h1-9H,(H,21,26). The zero-order valence-corrected chi connectivity index (χ0v) is 14.3. The van der Waals surface area contributed by atoms with E-state index in [-0.39, 0.29) is 5.69 Å². The molecule has 136 valence electrons. The van der Waals surface area contributed by atoms with Gasteiger partial charge in [-0.2, -0.15) is 22.8 Å². The molecule has 4 rings (SSSR count). The number of nitrogens with zero attached hydrogens (tertiary/aromatic N) is 4. The van der Waals surface area contributed by atoms with Crippen molar-refractivity contribution < 1.29 is 18.0 Å². The summed E-state index contributed by atoms with van der Waals surface area (Å²) in [4.78, 5) is 11.9. The molecule has 0 fully saturated rings. The Balaban J connectivity index is 1.64. The molecule has 0 radical (unpaired) electrons. The zero-order chi connectivity index (χ0) is 19.0. The van der Waals surface area contributed by atoms with Crippen molar-refractivity contribution in [1.82, 2.24) is 19.8 Å². The first-order valence-corrected chi connectivity index (χ1v) is 8.55. The minimum Gasteiger partial charge on any atom is -0.318 e. The van der Waals surface area contributed by atoms with Crippen LogP contribution in [0.3, 0.4) is 0 Å². The Bertz CT molecular complexity index is 1100. The van der Waals surface area contributed by atoms with E-state index >= 15 is 0 Å². The number of amides is 1. The topological polar surface area (TPSA) is 72.2 Å². The van der Waals surface area contributed by atoms with Crippen molar-refractivity contribution >= 4 is 28.6 Å². The average Bonchev–Trinajstić information content (AvgIpc) is 3.30. The molecule has 10 heteroatoms. The number of alkyl halides is 3. The Kier molecular flexibility index (Phi) is 4.11. The Morgan fingerprint density at radius 2 is 1.81 bits per heavy atom. The van der Waals surface area contributed by atoms with Gasteiger partial charge in [0.25, 0.3) is 0 Å². The third-order valence-electron chi connectivity index (χ3n) is 3.70. The first kappa shape index (κ1) is 17.2. The van der Waals surface area contributed by atoms with Crippen LogP contribution < -0.4 is 5.32 Å². The predicted octanol–water partition coefficient (Wildman–Crippen LogP) is 4.02. The van der Waals surface area contributed by atoms with Gasteiger partial charge in [0.05, 0.1) is 10.6 Å². The second kappa shape index (κ2) is 6.47. The van der Waals surface area contributed by atoms with Crippen molar-refractivity contribution in [3.63, 3.8) is 0 Å². The van der Waals surface area contributed by atoms with E-state index in [0.29, 0.717) is 22.7 Å². The summed E-state index contributed by atoms with van der Waals surface area (Å²) in [6.07, 6.45) is -4.93. The van der Waals surface area contributed by atoms with Crippen LogP contribution in [0.4, 0.5) is 18.9 Å². The lowest BCUT2D eigenvalue weighted by Gasteiger charge is -2.08. The summed E-state index contributed by atoms with van der Waals surface area (Å²) < 4.78 is 38.6. The van der Waals surface area contributed by atoms with Crippen LogP contribution in [-0.4, -0.2) is 31.9 Å². The summed E-state index contributed by atoms with van der Waals surface area (Å²) in [5.41, 5.74) is 1.89. The fraction of sp³-hybridized carbons (Fsp3) is 0.0588. The zero-order valence-electron chi connectivity index (χ0n) is 13.4. The maximum Gasteiger partial charge on any atom is 0.471 e. The molecular weight excluding hydrogens is 379 g/mol. The molecule has 3 aromatic heterocycles. The van der Waals surface area contributed by atoms with Crippen molar-refractivity contribution in [3.05, 3.63) is 53.9 Å². The highest BCUT2D eigenvalue weighted by atomic mass is 32.1. The molecule has 0 unspecified atom stereocenters. The number of thiophene rings is 1. The number of nitrogens with one attached hydrogen (secondary N) is 1. The van der Waals surface area contributed by atoms with Crippen LogP contribution >= 0.6 is 11.3 Å². The van der Waals surface area contributed by atoms with E-state index in [4.69, 9.17) is 0 Å². The molecule has 4 aromatic rings. The van der Waals surface area contributed by atoms with Gasteiger partial charge < -0.3 is 5.32 Å². The third kappa shape index (κ3) is 3.38. The summed E-state index contributed by atoms with van der Waals surface area (Å²) in [7, 11) is 0. The van der Waals surface area contributed by atoms with E-state index < -0.39 is 12.1 Å².